The Balaban J connectivity index is 2.11. The Morgan fingerprint density at radius 2 is 1.77 bits per heavy atom. The van der Waals surface area contributed by atoms with Crippen molar-refractivity contribution >= 4 is 7.60 Å². The van der Waals surface area contributed by atoms with Crippen LogP contribution in [0.15, 0.2) is 22.0 Å². The zero-order chi connectivity index (χ0) is 22.7. The van der Waals surface area contributed by atoms with E-state index in [0.29, 0.717) is 11.3 Å². The van der Waals surface area contributed by atoms with E-state index in [9.17, 15) is 22.9 Å². The second-order valence-corrected chi connectivity index (χ2v) is 9.46. The molecule has 2 aromatic rings. The summed E-state index contributed by atoms with van der Waals surface area (Å²) in [7, 11) is -4.71. The van der Waals surface area contributed by atoms with Crippen molar-refractivity contribution in [3.8, 4) is 0 Å². The minimum absolute atomic E-state index is 0.00173. The second kappa shape index (κ2) is 9.32. The maximum atomic E-state index is 14.7. The van der Waals surface area contributed by atoms with Gasteiger partial charge in [0, 0.05) is 24.7 Å². The van der Waals surface area contributed by atoms with E-state index >= 15 is 0 Å². The summed E-state index contributed by atoms with van der Waals surface area (Å²) in [4.78, 5) is 25.4. The van der Waals surface area contributed by atoms with Gasteiger partial charge in [-0.2, -0.15) is 8.78 Å². The molecule has 168 valence electrons. The van der Waals surface area contributed by atoms with Crippen LogP contribution in [0.5, 0.6) is 0 Å². The lowest BCUT2D eigenvalue weighted by molar-refractivity contribution is 0.0104. The minimum Gasteiger partial charge on any atom is -0.302 e. The van der Waals surface area contributed by atoms with Gasteiger partial charge in [0.25, 0.3) is 5.56 Å². The van der Waals surface area contributed by atoms with Crippen LogP contribution in [-0.2, 0) is 26.7 Å². The van der Waals surface area contributed by atoms with E-state index in [1.807, 2.05) is 0 Å². The van der Waals surface area contributed by atoms with Crippen LogP contribution >= 0.6 is 7.60 Å². The Labute approximate surface area is 171 Å². The van der Waals surface area contributed by atoms with Crippen molar-refractivity contribution in [2.45, 2.75) is 72.0 Å². The van der Waals surface area contributed by atoms with Gasteiger partial charge in [-0.3, -0.25) is 23.6 Å². The molecule has 0 radical (unpaired) electrons. The molecule has 0 aromatic carbocycles. The van der Waals surface area contributed by atoms with Gasteiger partial charge >= 0.3 is 18.9 Å². The first-order valence-electron chi connectivity index (χ1n) is 9.37. The number of hydrogen-bond acceptors (Lipinski definition) is 7. The fraction of sp³-hybridized carbons (Fsp3) is 0.647. The highest BCUT2D eigenvalue weighted by atomic mass is 31.2. The average Bonchev–Trinajstić information content (AvgIpc) is 3.04. The van der Waals surface area contributed by atoms with E-state index < -0.39 is 43.1 Å². The monoisotopic (exact) mass is 449 g/mol. The number of aromatic amines is 1. The summed E-state index contributed by atoms with van der Waals surface area (Å²) in [5.74, 6) is 0. The molecular weight excluding hydrogens is 423 g/mol. The van der Waals surface area contributed by atoms with Gasteiger partial charge in [0.15, 0.2) is 0 Å². The van der Waals surface area contributed by atoms with Gasteiger partial charge in [-0.1, -0.05) is 5.21 Å². The molecule has 0 saturated carbocycles. The number of halogens is 2. The topological polar surface area (TPSA) is 121 Å². The molecule has 0 aliphatic rings. The first-order chi connectivity index (χ1) is 13.8. The molecule has 0 saturated heterocycles. The standard InChI is InChI=1S/C17H26F2N5O5P/c1-11(2)28-30(27,29-12(3)4)17(18,19)6-7-24-10-14(21-22-24)9-23-8-13(5)15(25)20-16(23)26/h8,10-12H,6-7,9H2,1-5H3,(H,20,25,26). The number of rotatable bonds is 10. The number of aryl methyl sites for hydroxylation is 2. The van der Waals surface area contributed by atoms with E-state index in [2.05, 4.69) is 15.3 Å². The molecule has 0 atom stereocenters. The first-order valence-corrected chi connectivity index (χ1v) is 10.9. The van der Waals surface area contributed by atoms with Gasteiger partial charge in [-0.15, -0.1) is 5.10 Å². The molecule has 1 N–H and O–H groups in total. The van der Waals surface area contributed by atoms with Crippen molar-refractivity contribution in [1.29, 1.82) is 0 Å². The minimum atomic E-state index is -4.71. The Morgan fingerprint density at radius 1 is 1.17 bits per heavy atom. The van der Waals surface area contributed by atoms with Crippen LogP contribution in [0.3, 0.4) is 0 Å². The van der Waals surface area contributed by atoms with Crippen molar-refractivity contribution in [2.75, 3.05) is 0 Å². The molecule has 30 heavy (non-hydrogen) atoms. The Hall–Kier alpha value is -2.17. The van der Waals surface area contributed by atoms with E-state index in [1.54, 1.807) is 6.92 Å². The average molecular weight is 449 g/mol. The summed E-state index contributed by atoms with van der Waals surface area (Å²) >= 11 is 0. The predicted octanol–water partition coefficient (Wildman–Crippen LogP) is 2.51. The third kappa shape index (κ3) is 5.93. The normalized spacial score (nSPS) is 12.8. The van der Waals surface area contributed by atoms with Gasteiger partial charge in [0.2, 0.25) is 0 Å². The summed E-state index contributed by atoms with van der Waals surface area (Å²) in [6, 6.07) is 0. The number of hydrogen-bond donors (Lipinski definition) is 1. The SMILES string of the molecule is Cc1cn(Cc2cn(CCC(F)(F)P(=O)(OC(C)C)OC(C)C)nn2)c(=O)[nH]c1=O. The third-order valence-corrected chi connectivity index (χ3v) is 6.27. The molecule has 0 unspecified atom stereocenters. The highest BCUT2D eigenvalue weighted by Gasteiger charge is 2.54. The first kappa shape index (κ1) is 24.1. The fourth-order valence-electron chi connectivity index (χ4n) is 2.55. The maximum absolute atomic E-state index is 14.7. The molecule has 10 nitrogen and oxygen atoms in total. The van der Waals surface area contributed by atoms with Crippen LogP contribution < -0.4 is 11.2 Å². The zero-order valence-corrected chi connectivity index (χ0v) is 18.4. The van der Waals surface area contributed by atoms with Crippen molar-refractivity contribution < 1.29 is 22.4 Å². The third-order valence-electron chi connectivity index (χ3n) is 3.85. The Bertz CT molecular complexity index is 1020. The number of H-pyrrole nitrogens is 1. The second-order valence-electron chi connectivity index (χ2n) is 7.39. The summed E-state index contributed by atoms with van der Waals surface area (Å²) in [5, 5.41) is 7.61. The van der Waals surface area contributed by atoms with Gasteiger partial charge in [0.05, 0.1) is 24.9 Å². The lowest BCUT2D eigenvalue weighted by Crippen LogP contribution is -2.31. The number of alkyl halides is 2. The quantitative estimate of drug-likeness (QED) is 0.553. The molecular formula is C17H26F2N5O5P. The lowest BCUT2D eigenvalue weighted by Gasteiger charge is -2.29. The Kier molecular flexibility index (Phi) is 7.49. The maximum Gasteiger partial charge on any atom is 0.400 e. The molecule has 0 amide bonds. The lowest BCUT2D eigenvalue weighted by atomic mass is 10.3. The van der Waals surface area contributed by atoms with Gasteiger partial charge < -0.3 is 9.05 Å². The Morgan fingerprint density at radius 3 is 2.33 bits per heavy atom. The van der Waals surface area contributed by atoms with Crippen LogP contribution in [0.25, 0.3) is 0 Å². The van der Waals surface area contributed by atoms with Crippen LogP contribution in [0.1, 0.15) is 45.4 Å². The van der Waals surface area contributed by atoms with Gasteiger partial charge in [0.1, 0.15) is 5.69 Å². The van der Waals surface area contributed by atoms with Crippen molar-refractivity contribution in [2.24, 2.45) is 0 Å². The van der Waals surface area contributed by atoms with Crippen LogP contribution in [0.4, 0.5) is 8.78 Å². The molecule has 0 aliphatic heterocycles. The smallest absolute Gasteiger partial charge is 0.302 e. The fourth-order valence-corrected chi connectivity index (χ4v) is 4.39. The molecule has 0 fully saturated rings. The van der Waals surface area contributed by atoms with Crippen LogP contribution in [-0.4, -0.2) is 42.4 Å². The van der Waals surface area contributed by atoms with Crippen molar-refractivity contribution in [1.82, 2.24) is 24.5 Å². The number of nitrogens with zero attached hydrogens (tertiary/aromatic N) is 4. The summed E-state index contributed by atoms with van der Waals surface area (Å²) < 4.78 is 54.5. The number of nitrogens with one attached hydrogen (secondary N) is 1. The van der Waals surface area contributed by atoms with Crippen LogP contribution in [0, 0.1) is 6.92 Å². The predicted molar refractivity (Wildman–Crippen MR) is 105 cm³/mol. The summed E-state index contributed by atoms with van der Waals surface area (Å²) in [6.07, 6.45) is 0.497. The van der Waals surface area contributed by atoms with Crippen LogP contribution in [0.2, 0.25) is 0 Å². The van der Waals surface area contributed by atoms with Crippen molar-refractivity contribution in [3.63, 3.8) is 0 Å². The molecule has 0 aliphatic carbocycles. The summed E-state index contributed by atoms with van der Waals surface area (Å²) in [5.41, 5.74) is -4.18. The number of aromatic nitrogens is 5. The van der Waals surface area contributed by atoms with Gasteiger partial charge in [-0.05, 0) is 34.6 Å². The highest BCUT2D eigenvalue weighted by molar-refractivity contribution is 7.55. The summed E-state index contributed by atoms with van der Waals surface area (Å²) in [6.45, 7) is 7.23. The highest BCUT2D eigenvalue weighted by Crippen LogP contribution is 2.64. The molecule has 2 heterocycles. The van der Waals surface area contributed by atoms with E-state index in [4.69, 9.17) is 9.05 Å². The van der Waals surface area contributed by atoms with E-state index in [-0.39, 0.29) is 13.1 Å². The largest absolute Gasteiger partial charge is 0.400 e. The van der Waals surface area contributed by atoms with E-state index in [1.165, 1.54) is 44.7 Å². The molecule has 2 rings (SSSR count). The zero-order valence-electron chi connectivity index (χ0n) is 17.5. The molecule has 2 aromatic heterocycles. The molecule has 0 bridgehead atoms. The molecule has 0 spiro atoms. The van der Waals surface area contributed by atoms with E-state index in [0.717, 1.165) is 4.68 Å². The molecule has 13 heteroatoms. The van der Waals surface area contributed by atoms with Gasteiger partial charge in [-0.25, -0.2) is 4.79 Å². The van der Waals surface area contributed by atoms with Crippen molar-refractivity contribution in [3.05, 3.63) is 44.5 Å².